The van der Waals surface area contributed by atoms with Crippen LogP contribution in [0.3, 0.4) is 0 Å². The molecule has 0 unspecified atom stereocenters. The molecule has 0 spiro atoms. The Morgan fingerprint density at radius 3 is 2.19 bits per heavy atom. The highest BCUT2D eigenvalue weighted by Gasteiger charge is 2.39. The van der Waals surface area contributed by atoms with Crippen molar-refractivity contribution in [1.29, 1.82) is 0 Å². The fourth-order valence-corrected chi connectivity index (χ4v) is 3.20. The van der Waals surface area contributed by atoms with Gasteiger partial charge in [-0.1, -0.05) is 0 Å². The van der Waals surface area contributed by atoms with Gasteiger partial charge in [-0.05, 0) is 48.5 Å². The zero-order valence-electron chi connectivity index (χ0n) is 14.4. The standard InChI is InChI=1S/C16H28N4O/c1-8-17-13-11(2)14(19-12(3)18-13)20-9-15(4,5)21-16(6,7)10-20/h8-10H2,1-7H3,(H,17,18,19). The Bertz CT molecular complexity index is 509. The van der Waals surface area contributed by atoms with Crippen molar-refractivity contribution in [3.05, 3.63) is 11.4 Å². The molecule has 0 saturated carbocycles. The molecule has 2 heterocycles. The van der Waals surface area contributed by atoms with Crippen molar-refractivity contribution >= 4 is 11.6 Å². The van der Waals surface area contributed by atoms with Crippen molar-refractivity contribution in [2.24, 2.45) is 0 Å². The van der Waals surface area contributed by atoms with E-state index in [-0.39, 0.29) is 11.2 Å². The third-order valence-electron chi connectivity index (χ3n) is 3.57. The third kappa shape index (κ3) is 3.64. The van der Waals surface area contributed by atoms with E-state index in [1.54, 1.807) is 0 Å². The van der Waals surface area contributed by atoms with Gasteiger partial charge in [-0.15, -0.1) is 0 Å². The second kappa shape index (κ2) is 5.44. The summed E-state index contributed by atoms with van der Waals surface area (Å²) in [7, 11) is 0. The number of rotatable bonds is 3. The van der Waals surface area contributed by atoms with Gasteiger partial charge in [-0.3, -0.25) is 0 Å². The van der Waals surface area contributed by atoms with E-state index in [1.807, 2.05) is 6.92 Å². The fourth-order valence-electron chi connectivity index (χ4n) is 3.20. The minimum absolute atomic E-state index is 0.189. The van der Waals surface area contributed by atoms with E-state index in [0.717, 1.165) is 42.7 Å². The predicted octanol–water partition coefficient (Wildman–Crippen LogP) is 2.92. The molecule has 0 aliphatic carbocycles. The second-order valence-electron chi connectivity index (χ2n) is 7.08. The van der Waals surface area contributed by atoms with Gasteiger partial charge in [-0.25, -0.2) is 9.97 Å². The van der Waals surface area contributed by atoms with E-state index >= 15 is 0 Å². The summed E-state index contributed by atoms with van der Waals surface area (Å²) in [5.41, 5.74) is 0.729. The molecule has 1 aromatic rings. The maximum atomic E-state index is 6.16. The maximum Gasteiger partial charge on any atom is 0.137 e. The number of morpholine rings is 1. The lowest BCUT2D eigenvalue weighted by Crippen LogP contribution is -2.57. The molecule has 0 amide bonds. The van der Waals surface area contributed by atoms with Crippen LogP contribution in [0.1, 0.15) is 46.0 Å². The summed E-state index contributed by atoms with van der Waals surface area (Å²) in [6.07, 6.45) is 0. The summed E-state index contributed by atoms with van der Waals surface area (Å²) in [6.45, 7) is 17.2. The van der Waals surface area contributed by atoms with Crippen LogP contribution in [0.2, 0.25) is 0 Å². The van der Waals surface area contributed by atoms with Gasteiger partial charge in [0.15, 0.2) is 0 Å². The van der Waals surface area contributed by atoms with Crippen molar-refractivity contribution in [3.63, 3.8) is 0 Å². The quantitative estimate of drug-likeness (QED) is 0.928. The van der Waals surface area contributed by atoms with Crippen molar-refractivity contribution in [3.8, 4) is 0 Å². The zero-order valence-corrected chi connectivity index (χ0v) is 14.4. The van der Waals surface area contributed by atoms with Crippen LogP contribution < -0.4 is 10.2 Å². The highest BCUT2D eigenvalue weighted by molar-refractivity contribution is 5.59. The number of nitrogens with zero attached hydrogens (tertiary/aromatic N) is 3. The molecule has 1 N–H and O–H groups in total. The van der Waals surface area contributed by atoms with Crippen molar-refractivity contribution in [1.82, 2.24) is 9.97 Å². The van der Waals surface area contributed by atoms with Gasteiger partial charge < -0.3 is 15.0 Å². The minimum Gasteiger partial charge on any atom is -0.370 e. The summed E-state index contributed by atoms with van der Waals surface area (Å²) >= 11 is 0. The summed E-state index contributed by atoms with van der Waals surface area (Å²) in [5, 5.41) is 3.33. The van der Waals surface area contributed by atoms with Crippen LogP contribution in [0.4, 0.5) is 11.6 Å². The Kier molecular flexibility index (Phi) is 4.15. The van der Waals surface area contributed by atoms with E-state index in [1.165, 1.54) is 0 Å². The molecule has 1 fully saturated rings. The number of anilines is 2. The van der Waals surface area contributed by atoms with Crippen molar-refractivity contribution in [2.45, 2.75) is 59.7 Å². The molecule has 2 rings (SSSR count). The molecule has 1 aliphatic heterocycles. The number of aryl methyl sites for hydroxylation is 1. The fraction of sp³-hybridized carbons (Fsp3) is 0.750. The lowest BCUT2D eigenvalue weighted by molar-refractivity contribution is -0.133. The highest BCUT2D eigenvalue weighted by Crippen LogP contribution is 2.33. The van der Waals surface area contributed by atoms with Gasteiger partial charge in [0.2, 0.25) is 0 Å². The molecule has 21 heavy (non-hydrogen) atoms. The number of hydrogen-bond donors (Lipinski definition) is 1. The molecule has 0 atom stereocenters. The molecular formula is C16H28N4O. The molecule has 1 aromatic heterocycles. The third-order valence-corrected chi connectivity index (χ3v) is 3.57. The smallest absolute Gasteiger partial charge is 0.137 e. The molecule has 0 bridgehead atoms. The maximum absolute atomic E-state index is 6.16. The second-order valence-corrected chi connectivity index (χ2v) is 7.08. The number of nitrogens with one attached hydrogen (secondary N) is 1. The van der Waals surface area contributed by atoms with E-state index < -0.39 is 0 Å². The van der Waals surface area contributed by atoms with E-state index in [0.29, 0.717) is 0 Å². The van der Waals surface area contributed by atoms with Gasteiger partial charge >= 0.3 is 0 Å². The van der Waals surface area contributed by atoms with Crippen molar-refractivity contribution in [2.75, 3.05) is 29.9 Å². The lowest BCUT2D eigenvalue weighted by atomic mass is 9.98. The minimum atomic E-state index is -0.189. The molecule has 1 aliphatic rings. The van der Waals surface area contributed by atoms with Crippen LogP contribution in [0.15, 0.2) is 0 Å². The molecule has 1 saturated heterocycles. The van der Waals surface area contributed by atoms with Gasteiger partial charge in [-0.2, -0.15) is 0 Å². The van der Waals surface area contributed by atoms with Crippen LogP contribution >= 0.6 is 0 Å². The Balaban J connectivity index is 2.41. The van der Waals surface area contributed by atoms with E-state index in [9.17, 15) is 0 Å². The Hall–Kier alpha value is -1.36. The summed E-state index contributed by atoms with van der Waals surface area (Å²) in [5.74, 6) is 2.75. The molecule has 5 nitrogen and oxygen atoms in total. The van der Waals surface area contributed by atoms with Gasteiger partial charge in [0.25, 0.3) is 0 Å². The average molecular weight is 292 g/mol. The van der Waals surface area contributed by atoms with Crippen LogP contribution in [-0.4, -0.2) is 40.8 Å². The molecule has 0 aromatic carbocycles. The van der Waals surface area contributed by atoms with Gasteiger partial charge in [0, 0.05) is 25.2 Å². The van der Waals surface area contributed by atoms with Crippen LogP contribution in [0.25, 0.3) is 0 Å². The zero-order chi connectivity index (χ0) is 15.8. The van der Waals surface area contributed by atoms with E-state index in [4.69, 9.17) is 4.74 Å². The molecule has 0 radical (unpaired) electrons. The predicted molar refractivity (Wildman–Crippen MR) is 87.1 cm³/mol. The Morgan fingerprint density at radius 1 is 1.10 bits per heavy atom. The lowest BCUT2D eigenvalue weighted by Gasteiger charge is -2.48. The first-order valence-corrected chi connectivity index (χ1v) is 7.68. The average Bonchev–Trinajstić information content (AvgIpc) is 2.29. The molecule has 118 valence electrons. The Morgan fingerprint density at radius 2 is 1.67 bits per heavy atom. The number of aromatic nitrogens is 2. The summed E-state index contributed by atoms with van der Waals surface area (Å²) in [6, 6.07) is 0. The van der Waals surface area contributed by atoms with Crippen LogP contribution in [0, 0.1) is 13.8 Å². The first-order valence-electron chi connectivity index (χ1n) is 7.68. The van der Waals surface area contributed by atoms with Gasteiger partial charge in [0.1, 0.15) is 17.5 Å². The van der Waals surface area contributed by atoms with Crippen LogP contribution in [-0.2, 0) is 4.74 Å². The SMILES string of the molecule is CCNc1nc(C)nc(N2CC(C)(C)OC(C)(C)C2)c1C. The summed E-state index contributed by atoms with van der Waals surface area (Å²) < 4.78 is 6.16. The van der Waals surface area contributed by atoms with Crippen molar-refractivity contribution < 1.29 is 4.74 Å². The monoisotopic (exact) mass is 292 g/mol. The first-order chi connectivity index (χ1) is 9.63. The molecule has 5 heteroatoms. The van der Waals surface area contributed by atoms with Crippen LogP contribution in [0.5, 0.6) is 0 Å². The largest absolute Gasteiger partial charge is 0.370 e. The number of hydrogen-bond acceptors (Lipinski definition) is 5. The first kappa shape index (κ1) is 16.0. The normalized spacial score (nSPS) is 20.4. The molecular weight excluding hydrogens is 264 g/mol. The summed E-state index contributed by atoms with van der Waals surface area (Å²) in [4.78, 5) is 11.5. The van der Waals surface area contributed by atoms with E-state index in [2.05, 4.69) is 61.7 Å². The number of ether oxygens (including phenoxy) is 1. The highest BCUT2D eigenvalue weighted by atomic mass is 16.5. The Labute approximate surface area is 128 Å². The topological polar surface area (TPSA) is 50.3 Å². The van der Waals surface area contributed by atoms with Gasteiger partial charge in [0.05, 0.1) is 11.2 Å².